The molecule has 1 rings (SSSR count). The van der Waals surface area contributed by atoms with Gasteiger partial charge in [-0.25, -0.2) is 0 Å². The van der Waals surface area contributed by atoms with Crippen molar-refractivity contribution < 1.29 is 14.7 Å². The topological polar surface area (TPSA) is 100 Å². The molecule has 0 radical (unpaired) electrons. The van der Waals surface area contributed by atoms with E-state index in [4.69, 9.17) is 15.7 Å². The number of morpholine rings is 1. The Labute approximate surface area is 107 Å². The minimum absolute atomic E-state index is 0.0477. The summed E-state index contributed by atoms with van der Waals surface area (Å²) in [6, 6.07) is 0. The predicted molar refractivity (Wildman–Crippen MR) is 67.5 cm³/mol. The fraction of sp³-hybridized carbons (Fsp3) is 0.818. The molecule has 18 heavy (non-hydrogen) atoms. The maximum Gasteiger partial charge on any atom is 0.224 e. The molecule has 7 nitrogen and oxygen atoms in total. The summed E-state index contributed by atoms with van der Waals surface area (Å²) < 4.78 is 5.19. The van der Waals surface area contributed by atoms with Gasteiger partial charge < -0.3 is 25.9 Å². The normalized spacial score (nSPS) is 18.7. The van der Waals surface area contributed by atoms with Gasteiger partial charge in [-0.05, 0) is 0 Å². The highest BCUT2D eigenvalue weighted by Crippen LogP contribution is 1.99. The Kier molecular flexibility index (Phi) is 6.45. The lowest BCUT2D eigenvalue weighted by atomic mass is 10.1. The van der Waals surface area contributed by atoms with E-state index in [0.29, 0.717) is 45.8 Å². The second-order valence-electron chi connectivity index (χ2n) is 4.37. The van der Waals surface area contributed by atoms with Crippen LogP contribution in [0.4, 0.5) is 0 Å². The quantitative estimate of drug-likeness (QED) is 0.190. The fourth-order valence-corrected chi connectivity index (χ4v) is 1.69. The summed E-state index contributed by atoms with van der Waals surface area (Å²) in [5.74, 6) is 0.290. The summed E-state index contributed by atoms with van der Waals surface area (Å²) in [4.78, 5) is 13.6. The summed E-state index contributed by atoms with van der Waals surface area (Å²) in [7, 11) is 0. The zero-order chi connectivity index (χ0) is 13.4. The van der Waals surface area contributed by atoms with E-state index in [2.05, 4.69) is 10.5 Å². The van der Waals surface area contributed by atoms with Gasteiger partial charge in [0.15, 0.2) is 0 Å². The lowest BCUT2D eigenvalue weighted by Gasteiger charge is -2.27. The van der Waals surface area contributed by atoms with Crippen LogP contribution in [-0.2, 0) is 9.53 Å². The van der Waals surface area contributed by atoms with Gasteiger partial charge in [0.1, 0.15) is 5.84 Å². The van der Waals surface area contributed by atoms with Crippen LogP contribution in [-0.4, -0.2) is 61.2 Å². The largest absolute Gasteiger partial charge is 0.409 e. The van der Waals surface area contributed by atoms with E-state index >= 15 is 0 Å². The van der Waals surface area contributed by atoms with E-state index in [9.17, 15) is 4.79 Å². The van der Waals surface area contributed by atoms with Gasteiger partial charge in [-0.3, -0.25) is 4.79 Å². The number of amides is 1. The van der Waals surface area contributed by atoms with Crippen molar-refractivity contribution in [2.45, 2.75) is 13.3 Å². The van der Waals surface area contributed by atoms with Crippen molar-refractivity contribution in [1.29, 1.82) is 0 Å². The summed E-state index contributed by atoms with van der Waals surface area (Å²) in [6.07, 6.45) is 0.461. The highest BCUT2D eigenvalue weighted by molar-refractivity contribution is 5.82. The van der Waals surface area contributed by atoms with Gasteiger partial charge in [-0.15, -0.1) is 0 Å². The number of carbonyl (C=O) groups is 1. The number of carbonyl (C=O) groups excluding carboxylic acids is 1. The Morgan fingerprint density at radius 1 is 1.56 bits per heavy atom. The molecule has 0 aromatic heterocycles. The van der Waals surface area contributed by atoms with E-state index in [1.54, 1.807) is 0 Å². The molecule has 1 atom stereocenters. The Morgan fingerprint density at radius 3 is 2.83 bits per heavy atom. The zero-order valence-electron chi connectivity index (χ0n) is 10.8. The predicted octanol–water partition coefficient (Wildman–Crippen LogP) is -0.793. The molecule has 0 spiro atoms. The van der Waals surface area contributed by atoms with Crippen molar-refractivity contribution in [3.63, 3.8) is 0 Å². The minimum Gasteiger partial charge on any atom is -0.409 e. The highest BCUT2D eigenvalue weighted by atomic mass is 16.5. The van der Waals surface area contributed by atoms with Gasteiger partial charge in [0.25, 0.3) is 0 Å². The molecule has 0 bridgehead atoms. The van der Waals surface area contributed by atoms with Crippen LogP contribution in [0.1, 0.15) is 13.3 Å². The smallest absolute Gasteiger partial charge is 0.224 e. The van der Waals surface area contributed by atoms with Gasteiger partial charge >= 0.3 is 0 Å². The van der Waals surface area contributed by atoms with Crippen molar-refractivity contribution in [2.24, 2.45) is 16.8 Å². The summed E-state index contributed by atoms with van der Waals surface area (Å²) in [5, 5.41) is 14.5. The number of nitrogens with two attached hydrogens (primary N) is 1. The Morgan fingerprint density at radius 2 is 2.22 bits per heavy atom. The Balaban J connectivity index is 2.12. The van der Waals surface area contributed by atoms with E-state index in [1.165, 1.54) is 0 Å². The van der Waals surface area contributed by atoms with Crippen LogP contribution in [0.5, 0.6) is 0 Å². The first-order valence-corrected chi connectivity index (χ1v) is 6.18. The maximum absolute atomic E-state index is 11.8. The average molecular weight is 258 g/mol. The Hall–Kier alpha value is -1.34. The van der Waals surface area contributed by atoms with Gasteiger partial charge in [-0.2, -0.15) is 0 Å². The van der Waals surface area contributed by atoms with Crippen molar-refractivity contribution >= 4 is 11.7 Å². The Bertz CT molecular complexity index is 290. The molecule has 104 valence electrons. The molecule has 1 unspecified atom stereocenters. The molecule has 4 N–H and O–H groups in total. The first-order chi connectivity index (χ1) is 8.65. The van der Waals surface area contributed by atoms with Gasteiger partial charge in [-0.1, -0.05) is 12.1 Å². The summed E-state index contributed by atoms with van der Waals surface area (Å²) in [6.45, 7) is 5.65. The van der Waals surface area contributed by atoms with Crippen LogP contribution in [0.3, 0.4) is 0 Å². The van der Waals surface area contributed by atoms with E-state index in [1.807, 2.05) is 11.8 Å². The number of rotatable bonds is 6. The number of nitrogens with zero attached hydrogens (tertiary/aromatic N) is 2. The molecule has 1 heterocycles. The first-order valence-electron chi connectivity index (χ1n) is 6.18. The van der Waals surface area contributed by atoms with E-state index < -0.39 is 0 Å². The van der Waals surface area contributed by atoms with Crippen LogP contribution in [0, 0.1) is 5.92 Å². The number of hydrogen-bond donors (Lipinski definition) is 3. The molecule has 1 aliphatic heterocycles. The molecule has 1 fully saturated rings. The molecule has 0 aliphatic carbocycles. The third kappa shape index (κ3) is 4.89. The van der Waals surface area contributed by atoms with Crippen molar-refractivity contribution in [2.75, 3.05) is 39.4 Å². The molecule has 1 amide bonds. The summed E-state index contributed by atoms with van der Waals surface area (Å²) in [5.41, 5.74) is 5.45. The molecular weight excluding hydrogens is 236 g/mol. The molecule has 1 saturated heterocycles. The third-order valence-electron chi connectivity index (χ3n) is 2.95. The van der Waals surface area contributed by atoms with Crippen LogP contribution in [0.2, 0.25) is 0 Å². The number of nitrogens with one attached hydrogen (secondary N) is 1. The molecule has 1 aliphatic rings. The first kappa shape index (κ1) is 14.7. The molecule has 0 aromatic rings. The van der Waals surface area contributed by atoms with E-state index in [-0.39, 0.29) is 17.7 Å². The van der Waals surface area contributed by atoms with Gasteiger partial charge in [0, 0.05) is 38.5 Å². The number of hydrogen-bond acceptors (Lipinski definition) is 5. The average Bonchev–Trinajstić information content (AvgIpc) is 2.43. The highest BCUT2D eigenvalue weighted by Gasteiger charge is 2.16. The molecular formula is C11H22N4O3. The van der Waals surface area contributed by atoms with Crippen molar-refractivity contribution in [3.05, 3.63) is 0 Å². The SMILES string of the molecule is CC(CNCCC(=O)N1CCOCC1)C(N)=NO. The summed E-state index contributed by atoms with van der Waals surface area (Å²) >= 11 is 0. The maximum atomic E-state index is 11.8. The van der Waals surface area contributed by atoms with Crippen LogP contribution >= 0.6 is 0 Å². The van der Waals surface area contributed by atoms with E-state index in [0.717, 1.165) is 0 Å². The molecule has 0 saturated carbocycles. The second kappa shape index (κ2) is 7.88. The van der Waals surface area contributed by atoms with Crippen molar-refractivity contribution in [1.82, 2.24) is 10.2 Å². The van der Waals surface area contributed by atoms with Crippen LogP contribution in [0.25, 0.3) is 0 Å². The fourth-order valence-electron chi connectivity index (χ4n) is 1.69. The minimum atomic E-state index is -0.0477. The monoisotopic (exact) mass is 258 g/mol. The molecule has 7 heteroatoms. The molecule has 0 aromatic carbocycles. The van der Waals surface area contributed by atoms with Crippen molar-refractivity contribution in [3.8, 4) is 0 Å². The number of amidine groups is 1. The number of oxime groups is 1. The van der Waals surface area contributed by atoms with Gasteiger partial charge in [0.2, 0.25) is 5.91 Å². The third-order valence-corrected chi connectivity index (χ3v) is 2.95. The van der Waals surface area contributed by atoms with Crippen LogP contribution in [0.15, 0.2) is 5.16 Å². The zero-order valence-corrected chi connectivity index (χ0v) is 10.8. The standard InChI is InChI=1S/C11H22N4O3/c1-9(11(12)14-17)8-13-3-2-10(16)15-4-6-18-7-5-15/h9,13,17H,2-8H2,1H3,(H2,12,14). The lowest BCUT2D eigenvalue weighted by Crippen LogP contribution is -2.42. The van der Waals surface area contributed by atoms with Gasteiger partial charge in [0.05, 0.1) is 13.2 Å². The van der Waals surface area contributed by atoms with Crippen LogP contribution < -0.4 is 11.1 Å². The lowest BCUT2D eigenvalue weighted by molar-refractivity contribution is -0.135. The second-order valence-corrected chi connectivity index (χ2v) is 4.37. The number of ether oxygens (including phenoxy) is 1.